The number of hydrogen-bond donors (Lipinski definition) is 1. The molecule has 0 atom stereocenters. The van der Waals surface area contributed by atoms with Crippen LogP contribution in [-0.4, -0.2) is 19.1 Å². The number of nitrogens with one attached hydrogen (secondary N) is 1. The minimum atomic E-state index is -4.38. The van der Waals surface area contributed by atoms with E-state index >= 15 is 0 Å². The molecule has 3 aromatic rings. The van der Waals surface area contributed by atoms with Crippen LogP contribution in [0.4, 0.5) is 13.2 Å². The number of rotatable bonds is 4. The zero-order valence-corrected chi connectivity index (χ0v) is 14.7. The van der Waals surface area contributed by atoms with Crippen LogP contribution in [0.3, 0.4) is 0 Å². The zero-order chi connectivity index (χ0) is 19.8. The van der Waals surface area contributed by atoms with E-state index in [0.29, 0.717) is 17.9 Å². The summed E-state index contributed by atoms with van der Waals surface area (Å²) in [5.41, 5.74) is -0.599. The van der Waals surface area contributed by atoms with E-state index in [1.54, 1.807) is 26.0 Å². The van der Waals surface area contributed by atoms with Gasteiger partial charge in [-0.05, 0) is 37.6 Å². The van der Waals surface area contributed by atoms with Gasteiger partial charge in [0.2, 0.25) is 0 Å². The number of hydrogen-bond acceptors (Lipinski definition) is 3. The molecule has 0 aliphatic carbocycles. The van der Waals surface area contributed by atoms with E-state index in [2.05, 4.69) is 9.97 Å². The highest BCUT2D eigenvalue weighted by molar-refractivity contribution is 5.75. The Hall–Kier alpha value is -3.10. The maximum atomic E-state index is 12.6. The van der Waals surface area contributed by atoms with Crippen molar-refractivity contribution in [2.75, 3.05) is 0 Å². The highest BCUT2D eigenvalue weighted by Gasteiger charge is 2.29. The van der Waals surface area contributed by atoms with Gasteiger partial charge in [0.25, 0.3) is 5.56 Å². The van der Waals surface area contributed by atoms with Gasteiger partial charge in [-0.15, -0.1) is 0 Å². The molecular weight excluding hydrogens is 361 g/mol. The molecule has 0 fully saturated rings. The Kier molecular flexibility index (Phi) is 4.77. The fourth-order valence-corrected chi connectivity index (χ4v) is 2.79. The van der Waals surface area contributed by atoms with Crippen LogP contribution in [-0.2, 0) is 19.3 Å². The van der Waals surface area contributed by atoms with Crippen LogP contribution >= 0.6 is 0 Å². The molecule has 2 heterocycles. The summed E-state index contributed by atoms with van der Waals surface area (Å²) in [7, 11) is 0. The largest absolute Gasteiger partial charge is 0.416 e. The van der Waals surface area contributed by atoms with Crippen LogP contribution in [0, 0.1) is 0 Å². The predicted octanol–water partition coefficient (Wildman–Crippen LogP) is 3.12. The van der Waals surface area contributed by atoms with Crippen molar-refractivity contribution >= 4 is 23.3 Å². The highest BCUT2D eigenvalue weighted by Crippen LogP contribution is 2.29. The third-order valence-corrected chi connectivity index (χ3v) is 4.18. The lowest BCUT2D eigenvalue weighted by Crippen LogP contribution is -2.39. The molecule has 1 aromatic carbocycles. The summed E-state index contributed by atoms with van der Waals surface area (Å²) < 4.78 is 40.3. The lowest BCUT2D eigenvalue weighted by atomic mass is 10.1. The van der Waals surface area contributed by atoms with Gasteiger partial charge in [-0.25, -0.2) is 9.78 Å². The quantitative estimate of drug-likeness (QED) is 0.758. The number of H-pyrrole nitrogens is 1. The third kappa shape index (κ3) is 3.44. The van der Waals surface area contributed by atoms with Gasteiger partial charge < -0.3 is 4.98 Å². The van der Waals surface area contributed by atoms with Crippen LogP contribution in [0.15, 0.2) is 33.9 Å². The van der Waals surface area contributed by atoms with Crippen molar-refractivity contribution in [1.82, 2.24) is 19.1 Å². The number of halogens is 3. The standard InChI is InChI=1S/C18H17F3N4O2/c1-3-24-15-14(16(26)25(4-2)17(24)27)22-13(23-15)10-7-11-5-8-12(9-6-11)18(19,20)21/h5-10H,3-4H2,1-2H3,(H,22,23)/b10-7+. The summed E-state index contributed by atoms with van der Waals surface area (Å²) >= 11 is 0. The Morgan fingerprint density at radius 1 is 1.04 bits per heavy atom. The molecule has 3 rings (SSSR count). The molecule has 0 aliphatic heterocycles. The van der Waals surface area contributed by atoms with E-state index in [0.717, 1.165) is 16.7 Å². The van der Waals surface area contributed by atoms with Gasteiger partial charge >= 0.3 is 11.9 Å². The van der Waals surface area contributed by atoms with Gasteiger partial charge in [-0.2, -0.15) is 13.2 Å². The number of aromatic nitrogens is 4. The van der Waals surface area contributed by atoms with E-state index in [1.807, 2.05) is 0 Å². The number of nitrogens with zero attached hydrogens (tertiary/aromatic N) is 3. The summed E-state index contributed by atoms with van der Waals surface area (Å²) in [5.74, 6) is 0.331. The second-order valence-corrected chi connectivity index (χ2v) is 5.85. The molecule has 0 amide bonds. The Bertz CT molecular complexity index is 1120. The van der Waals surface area contributed by atoms with E-state index in [-0.39, 0.29) is 17.7 Å². The predicted molar refractivity (Wildman–Crippen MR) is 96.3 cm³/mol. The molecule has 6 nitrogen and oxygen atoms in total. The van der Waals surface area contributed by atoms with Crippen molar-refractivity contribution in [3.05, 3.63) is 62.1 Å². The number of aromatic amines is 1. The fourth-order valence-electron chi connectivity index (χ4n) is 2.79. The van der Waals surface area contributed by atoms with Crippen molar-refractivity contribution in [2.45, 2.75) is 33.1 Å². The summed E-state index contributed by atoms with van der Waals surface area (Å²) in [5, 5.41) is 0. The Labute approximate surface area is 151 Å². The van der Waals surface area contributed by atoms with E-state index in [9.17, 15) is 22.8 Å². The average molecular weight is 378 g/mol. The van der Waals surface area contributed by atoms with Crippen molar-refractivity contribution in [1.29, 1.82) is 0 Å². The van der Waals surface area contributed by atoms with Gasteiger partial charge in [-0.3, -0.25) is 13.9 Å². The number of imidazole rings is 1. The SMILES string of the molecule is CCn1c(=O)c2[nH]c(/C=C/c3ccc(C(F)(F)F)cc3)nc2n(CC)c1=O. The van der Waals surface area contributed by atoms with E-state index in [1.165, 1.54) is 16.7 Å². The highest BCUT2D eigenvalue weighted by atomic mass is 19.4. The topological polar surface area (TPSA) is 72.7 Å². The number of benzene rings is 1. The molecular formula is C18H17F3N4O2. The minimum absolute atomic E-state index is 0.213. The normalized spacial score (nSPS) is 12.3. The monoisotopic (exact) mass is 378 g/mol. The first-order valence-corrected chi connectivity index (χ1v) is 8.35. The smallest absolute Gasteiger partial charge is 0.333 e. The third-order valence-electron chi connectivity index (χ3n) is 4.18. The van der Waals surface area contributed by atoms with Gasteiger partial charge in [0.05, 0.1) is 5.56 Å². The summed E-state index contributed by atoms with van der Waals surface area (Å²) in [6.07, 6.45) is -1.27. The molecule has 0 radical (unpaired) electrons. The van der Waals surface area contributed by atoms with Gasteiger partial charge in [0, 0.05) is 13.1 Å². The number of fused-ring (bicyclic) bond motifs is 1. The van der Waals surface area contributed by atoms with Crippen molar-refractivity contribution in [3.63, 3.8) is 0 Å². The molecule has 9 heteroatoms. The molecule has 27 heavy (non-hydrogen) atoms. The van der Waals surface area contributed by atoms with Crippen LogP contribution in [0.5, 0.6) is 0 Å². The minimum Gasteiger partial charge on any atom is -0.333 e. The van der Waals surface area contributed by atoms with Crippen LogP contribution < -0.4 is 11.2 Å². The summed E-state index contributed by atoms with van der Waals surface area (Å²) in [4.78, 5) is 31.9. The van der Waals surface area contributed by atoms with Crippen LogP contribution in [0.1, 0.15) is 30.8 Å². The van der Waals surface area contributed by atoms with E-state index in [4.69, 9.17) is 0 Å². The summed E-state index contributed by atoms with van der Waals surface area (Å²) in [6, 6.07) is 4.67. The van der Waals surface area contributed by atoms with Gasteiger partial charge in [-0.1, -0.05) is 18.2 Å². The van der Waals surface area contributed by atoms with Gasteiger partial charge in [0.1, 0.15) is 11.3 Å². The first-order chi connectivity index (χ1) is 12.8. The average Bonchev–Trinajstić information content (AvgIpc) is 3.05. The lowest BCUT2D eigenvalue weighted by molar-refractivity contribution is -0.137. The molecule has 0 unspecified atom stereocenters. The van der Waals surface area contributed by atoms with Crippen LogP contribution in [0.25, 0.3) is 23.3 Å². The lowest BCUT2D eigenvalue weighted by Gasteiger charge is -2.06. The van der Waals surface area contributed by atoms with Crippen LogP contribution in [0.2, 0.25) is 0 Å². The molecule has 0 spiro atoms. The maximum Gasteiger partial charge on any atom is 0.416 e. The Morgan fingerprint density at radius 2 is 1.67 bits per heavy atom. The molecule has 142 valence electrons. The molecule has 2 aromatic heterocycles. The first kappa shape index (κ1) is 18.7. The summed E-state index contributed by atoms with van der Waals surface area (Å²) in [6.45, 7) is 4.07. The second kappa shape index (κ2) is 6.90. The maximum absolute atomic E-state index is 12.6. The molecule has 1 N–H and O–H groups in total. The fraction of sp³-hybridized carbons (Fsp3) is 0.278. The first-order valence-electron chi connectivity index (χ1n) is 8.35. The molecule has 0 saturated heterocycles. The Morgan fingerprint density at radius 3 is 2.22 bits per heavy atom. The molecule has 0 bridgehead atoms. The van der Waals surface area contributed by atoms with Gasteiger partial charge in [0.15, 0.2) is 5.65 Å². The second-order valence-electron chi connectivity index (χ2n) is 5.85. The molecule has 0 aliphatic rings. The number of aryl methyl sites for hydroxylation is 1. The zero-order valence-electron chi connectivity index (χ0n) is 14.7. The van der Waals surface area contributed by atoms with Crippen molar-refractivity contribution in [3.8, 4) is 0 Å². The van der Waals surface area contributed by atoms with Crippen molar-refractivity contribution in [2.24, 2.45) is 0 Å². The number of alkyl halides is 3. The molecule has 0 saturated carbocycles. The van der Waals surface area contributed by atoms with Crippen molar-refractivity contribution < 1.29 is 13.2 Å². The van der Waals surface area contributed by atoms with E-state index < -0.39 is 23.0 Å². The Balaban J connectivity index is 2.01.